The zero-order valence-corrected chi connectivity index (χ0v) is 14.7. The Balaban J connectivity index is 2.01. The molecular weight excluding hydrogens is 342 g/mol. The Morgan fingerprint density at radius 1 is 1.15 bits per heavy atom. The standard InChI is InChI=1S/C17H21N3O6/c1-3-24-14(22)6-5-9-26-11-7-8-12(13(21)10-11)15-16(19-20-18-15)17(23)25-4-2/h7-8,10,21H,3-6,9H2,1-2H3,(H,18,19,20). The van der Waals surface area contributed by atoms with Crippen LogP contribution in [0.3, 0.4) is 0 Å². The highest BCUT2D eigenvalue weighted by molar-refractivity contribution is 5.94. The summed E-state index contributed by atoms with van der Waals surface area (Å²) in [5.74, 6) is -0.592. The molecule has 0 fully saturated rings. The number of H-pyrrole nitrogens is 1. The maximum atomic E-state index is 11.9. The second kappa shape index (κ2) is 9.40. The Labute approximate surface area is 150 Å². The number of aromatic hydroxyl groups is 1. The summed E-state index contributed by atoms with van der Waals surface area (Å²) < 4.78 is 15.2. The minimum Gasteiger partial charge on any atom is -0.507 e. The van der Waals surface area contributed by atoms with Gasteiger partial charge in [0.1, 0.15) is 17.2 Å². The fraction of sp³-hybridized carbons (Fsp3) is 0.412. The van der Waals surface area contributed by atoms with Crippen molar-refractivity contribution in [2.75, 3.05) is 19.8 Å². The molecule has 0 saturated carbocycles. The van der Waals surface area contributed by atoms with Crippen molar-refractivity contribution >= 4 is 11.9 Å². The van der Waals surface area contributed by atoms with Crippen molar-refractivity contribution in [2.24, 2.45) is 0 Å². The summed E-state index contributed by atoms with van der Waals surface area (Å²) in [6.07, 6.45) is 0.761. The van der Waals surface area contributed by atoms with Crippen molar-refractivity contribution in [3.8, 4) is 22.8 Å². The van der Waals surface area contributed by atoms with Crippen LogP contribution in [0.25, 0.3) is 11.3 Å². The number of phenolic OH excluding ortho intramolecular Hbond substituents is 1. The number of nitrogens with one attached hydrogen (secondary N) is 1. The summed E-state index contributed by atoms with van der Waals surface area (Å²) >= 11 is 0. The van der Waals surface area contributed by atoms with Crippen LogP contribution in [-0.4, -0.2) is 52.3 Å². The number of hydrogen-bond acceptors (Lipinski definition) is 8. The third-order valence-corrected chi connectivity index (χ3v) is 3.34. The summed E-state index contributed by atoms with van der Waals surface area (Å²) in [4.78, 5) is 23.1. The minimum atomic E-state index is -0.630. The topological polar surface area (TPSA) is 124 Å². The number of phenols is 1. The number of aromatic nitrogens is 3. The lowest BCUT2D eigenvalue weighted by atomic mass is 10.1. The molecule has 0 aliphatic carbocycles. The van der Waals surface area contributed by atoms with Crippen molar-refractivity contribution in [1.29, 1.82) is 0 Å². The van der Waals surface area contributed by atoms with Gasteiger partial charge in [-0.1, -0.05) is 0 Å². The van der Waals surface area contributed by atoms with Gasteiger partial charge in [-0.2, -0.15) is 10.3 Å². The largest absolute Gasteiger partial charge is 0.507 e. The highest BCUT2D eigenvalue weighted by atomic mass is 16.5. The van der Waals surface area contributed by atoms with Crippen molar-refractivity contribution < 1.29 is 28.9 Å². The number of rotatable bonds is 9. The molecule has 0 unspecified atom stereocenters. The van der Waals surface area contributed by atoms with Crippen molar-refractivity contribution in [1.82, 2.24) is 15.4 Å². The highest BCUT2D eigenvalue weighted by Crippen LogP contribution is 2.32. The fourth-order valence-electron chi connectivity index (χ4n) is 2.20. The first kappa shape index (κ1) is 19.2. The summed E-state index contributed by atoms with van der Waals surface area (Å²) in [5.41, 5.74) is 0.501. The van der Waals surface area contributed by atoms with E-state index in [-0.39, 0.29) is 36.1 Å². The van der Waals surface area contributed by atoms with Crippen LogP contribution in [0.15, 0.2) is 18.2 Å². The molecule has 26 heavy (non-hydrogen) atoms. The van der Waals surface area contributed by atoms with Crippen LogP contribution >= 0.6 is 0 Å². The van der Waals surface area contributed by atoms with E-state index in [0.717, 1.165) is 0 Å². The van der Waals surface area contributed by atoms with E-state index in [1.807, 2.05) is 0 Å². The van der Waals surface area contributed by atoms with E-state index in [0.29, 0.717) is 30.9 Å². The van der Waals surface area contributed by atoms with Crippen molar-refractivity contribution in [2.45, 2.75) is 26.7 Å². The molecule has 0 saturated heterocycles. The number of ether oxygens (including phenoxy) is 3. The Morgan fingerprint density at radius 2 is 1.92 bits per heavy atom. The molecule has 9 heteroatoms. The smallest absolute Gasteiger partial charge is 0.361 e. The molecule has 0 spiro atoms. The maximum Gasteiger partial charge on any atom is 0.361 e. The quantitative estimate of drug-likeness (QED) is 0.513. The Hall–Kier alpha value is -3.10. The van der Waals surface area contributed by atoms with Crippen LogP contribution in [0.5, 0.6) is 11.5 Å². The molecule has 0 radical (unpaired) electrons. The molecule has 140 valence electrons. The molecule has 2 aromatic rings. The number of hydrogen-bond donors (Lipinski definition) is 2. The van der Waals surface area contributed by atoms with Crippen LogP contribution < -0.4 is 4.74 Å². The van der Waals surface area contributed by atoms with Gasteiger partial charge in [-0.05, 0) is 32.4 Å². The Bertz CT molecular complexity index is 759. The van der Waals surface area contributed by atoms with Gasteiger partial charge in [0.25, 0.3) is 0 Å². The molecule has 0 amide bonds. The number of nitrogens with zero attached hydrogens (tertiary/aromatic N) is 2. The van der Waals surface area contributed by atoms with Crippen LogP contribution in [-0.2, 0) is 14.3 Å². The average molecular weight is 363 g/mol. The molecule has 0 aliphatic rings. The Morgan fingerprint density at radius 3 is 2.62 bits per heavy atom. The Kier molecular flexibility index (Phi) is 6.95. The number of carbonyl (C=O) groups is 2. The lowest BCUT2D eigenvalue weighted by Gasteiger charge is -2.09. The van der Waals surface area contributed by atoms with Gasteiger partial charge in [0, 0.05) is 18.1 Å². The van der Waals surface area contributed by atoms with Gasteiger partial charge in [0.05, 0.1) is 19.8 Å². The average Bonchev–Trinajstić information content (AvgIpc) is 3.09. The van der Waals surface area contributed by atoms with Gasteiger partial charge in [0.15, 0.2) is 5.69 Å². The third kappa shape index (κ3) is 4.95. The zero-order valence-electron chi connectivity index (χ0n) is 14.7. The molecule has 0 atom stereocenters. The molecule has 1 aromatic carbocycles. The summed E-state index contributed by atoms with van der Waals surface area (Å²) in [7, 11) is 0. The molecular formula is C17H21N3O6. The molecule has 2 rings (SSSR count). The predicted molar refractivity (Wildman–Crippen MR) is 90.8 cm³/mol. The SMILES string of the molecule is CCOC(=O)CCCOc1ccc(-c2n[nH]nc2C(=O)OCC)c(O)c1. The summed E-state index contributed by atoms with van der Waals surface area (Å²) in [5, 5.41) is 20.3. The van der Waals surface area contributed by atoms with Crippen molar-refractivity contribution in [3.63, 3.8) is 0 Å². The van der Waals surface area contributed by atoms with Gasteiger partial charge in [-0.15, -0.1) is 5.10 Å². The van der Waals surface area contributed by atoms with E-state index in [2.05, 4.69) is 15.4 Å². The van der Waals surface area contributed by atoms with Crippen LogP contribution in [0, 0.1) is 0 Å². The number of aromatic amines is 1. The molecule has 9 nitrogen and oxygen atoms in total. The van der Waals surface area contributed by atoms with Crippen molar-refractivity contribution in [3.05, 3.63) is 23.9 Å². The first-order chi connectivity index (χ1) is 12.6. The number of carbonyl (C=O) groups excluding carboxylic acids is 2. The van der Waals surface area contributed by atoms with E-state index >= 15 is 0 Å². The normalized spacial score (nSPS) is 10.4. The maximum absolute atomic E-state index is 11.9. The second-order valence-electron chi connectivity index (χ2n) is 5.18. The van der Waals surface area contributed by atoms with Crippen LogP contribution in [0.4, 0.5) is 0 Å². The van der Waals surface area contributed by atoms with Gasteiger partial charge in [-0.25, -0.2) is 4.79 Å². The molecule has 1 heterocycles. The number of esters is 2. The van der Waals surface area contributed by atoms with Crippen LogP contribution in [0.1, 0.15) is 37.2 Å². The molecule has 0 bridgehead atoms. The first-order valence-corrected chi connectivity index (χ1v) is 8.26. The molecule has 1 aromatic heterocycles. The predicted octanol–water partition coefficient (Wildman–Crippen LogP) is 2.08. The van der Waals surface area contributed by atoms with E-state index in [1.165, 1.54) is 6.07 Å². The molecule has 0 aliphatic heterocycles. The monoisotopic (exact) mass is 363 g/mol. The van der Waals surface area contributed by atoms with E-state index in [4.69, 9.17) is 14.2 Å². The van der Waals surface area contributed by atoms with Gasteiger partial charge in [0.2, 0.25) is 0 Å². The summed E-state index contributed by atoms with van der Waals surface area (Å²) in [6.45, 7) is 4.29. The van der Waals surface area contributed by atoms with Gasteiger partial charge in [-0.3, -0.25) is 4.79 Å². The lowest BCUT2D eigenvalue weighted by Crippen LogP contribution is -2.07. The fourth-order valence-corrected chi connectivity index (χ4v) is 2.20. The van der Waals surface area contributed by atoms with Crippen LogP contribution in [0.2, 0.25) is 0 Å². The molecule has 2 N–H and O–H groups in total. The zero-order chi connectivity index (χ0) is 18.9. The first-order valence-electron chi connectivity index (χ1n) is 8.26. The van der Waals surface area contributed by atoms with E-state index in [1.54, 1.807) is 26.0 Å². The lowest BCUT2D eigenvalue weighted by molar-refractivity contribution is -0.143. The summed E-state index contributed by atoms with van der Waals surface area (Å²) in [6, 6.07) is 4.60. The highest BCUT2D eigenvalue weighted by Gasteiger charge is 2.21. The van der Waals surface area contributed by atoms with E-state index in [9.17, 15) is 14.7 Å². The minimum absolute atomic E-state index is 0.00902. The number of benzene rings is 1. The second-order valence-corrected chi connectivity index (χ2v) is 5.18. The van der Waals surface area contributed by atoms with E-state index < -0.39 is 5.97 Å². The van der Waals surface area contributed by atoms with Gasteiger partial charge >= 0.3 is 11.9 Å². The van der Waals surface area contributed by atoms with Gasteiger partial charge < -0.3 is 19.3 Å². The third-order valence-electron chi connectivity index (χ3n) is 3.34.